The molecule has 1 amide bonds. The maximum absolute atomic E-state index is 11.2. The lowest BCUT2D eigenvalue weighted by molar-refractivity contribution is -0.119. The van der Waals surface area contributed by atoms with Crippen LogP contribution < -0.4 is 20.7 Å². The smallest absolute Gasteiger partial charge is 0.239 e. The van der Waals surface area contributed by atoms with Crippen molar-refractivity contribution in [2.45, 2.75) is 0 Å². The minimum Gasteiger partial charge on any atom is -0.495 e. The van der Waals surface area contributed by atoms with E-state index in [9.17, 15) is 4.79 Å². The van der Waals surface area contributed by atoms with E-state index in [4.69, 9.17) is 10.5 Å². The second kappa shape index (κ2) is 5.25. The van der Waals surface area contributed by atoms with Crippen molar-refractivity contribution in [3.05, 3.63) is 18.2 Å². The predicted octanol–water partition coefficient (Wildman–Crippen LogP) is 0.460. The van der Waals surface area contributed by atoms with E-state index >= 15 is 0 Å². The fourth-order valence-corrected chi connectivity index (χ4v) is 1.42. The average molecular weight is 223 g/mol. The average Bonchev–Trinajstić information content (AvgIpc) is 2.29. The molecule has 0 radical (unpaired) electrons. The summed E-state index contributed by atoms with van der Waals surface area (Å²) in [4.78, 5) is 13.0. The van der Waals surface area contributed by atoms with E-state index in [0.29, 0.717) is 11.4 Å². The molecule has 3 N–H and O–H groups in total. The molecule has 0 aliphatic heterocycles. The number of likely N-dealkylation sites (N-methyl/N-ethyl adjacent to an activating group) is 2. The van der Waals surface area contributed by atoms with Gasteiger partial charge in [0.2, 0.25) is 5.91 Å². The molecule has 0 atom stereocenters. The van der Waals surface area contributed by atoms with Crippen LogP contribution in [0.2, 0.25) is 0 Å². The van der Waals surface area contributed by atoms with E-state index in [1.807, 2.05) is 12.1 Å². The maximum atomic E-state index is 11.2. The number of nitrogens with one attached hydrogen (secondary N) is 1. The van der Waals surface area contributed by atoms with Crippen LogP contribution in [0.3, 0.4) is 0 Å². The first-order chi connectivity index (χ1) is 7.60. The number of ether oxygens (including phenoxy) is 1. The first-order valence-electron chi connectivity index (χ1n) is 4.94. The highest BCUT2D eigenvalue weighted by molar-refractivity contribution is 5.83. The lowest BCUT2D eigenvalue weighted by Gasteiger charge is -2.21. The van der Waals surface area contributed by atoms with Gasteiger partial charge in [-0.25, -0.2) is 0 Å². The van der Waals surface area contributed by atoms with Crippen LogP contribution in [0.25, 0.3) is 0 Å². The summed E-state index contributed by atoms with van der Waals surface area (Å²) in [6, 6.07) is 5.47. The van der Waals surface area contributed by atoms with E-state index in [1.165, 1.54) is 0 Å². The van der Waals surface area contributed by atoms with Crippen LogP contribution in [0.15, 0.2) is 18.2 Å². The van der Waals surface area contributed by atoms with Crippen molar-refractivity contribution in [1.29, 1.82) is 0 Å². The summed E-state index contributed by atoms with van der Waals surface area (Å²) in [5.41, 5.74) is 7.23. The van der Waals surface area contributed by atoms with E-state index in [2.05, 4.69) is 5.32 Å². The Kier molecular flexibility index (Phi) is 3.99. The van der Waals surface area contributed by atoms with Crippen molar-refractivity contribution in [2.75, 3.05) is 38.4 Å². The van der Waals surface area contributed by atoms with Crippen LogP contribution in [0.1, 0.15) is 0 Å². The van der Waals surface area contributed by atoms with Gasteiger partial charge in [0.05, 0.1) is 25.0 Å². The summed E-state index contributed by atoms with van der Waals surface area (Å²) < 4.78 is 5.11. The van der Waals surface area contributed by atoms with Crippen LogP contribution in [-0.2, 0) is 4.79 Å². The summed E-state index contributed by atoms with van der Waals surface area (Å²) in [5.74, 6) is 0.547. The summed E-state index contributed by atoms with van der Waals surface area (Å²) >= 11 is 0. The monoisotopic (exact) mass is 223 g/mol. The van der Waals surface area contributed by atoms with Crippen LogP contribution in [0.4, 0.5) is 11.4 Å². The zero-order chi connectivity index (χ0) is 12.1. The number of nitrogen functional groups attached to an aromatic ring is 1. The van der Waals surface area contributed by atoms with Gasteiger partial charge in [-0.2, -0.15) is 0 Å². The molecule has 5 nitrogen and oxygen atoms in total. The Hall–Kier alpha value is -1.91. The van der Waals surface area contributed by atoms with E-state index < -0.39 is 0 Å². The van der Waals surface area contributed by atoms with Gasteiger partial charge in [-0.15, -0.1) is 0 Å². The third kappa shape index (κ3) is 2.56. The summed E-state index contributed by atoms with van der Waals surface area (Å²) in [7, 11) is 4.97. The molecule has 1 rings (SSSR count). The quantitative estimate of drug-likeness (QED) is 0.728. The molecular formula is C11H17N3O2. The minimum atomic E-state index is -0.0651. The largest absolute Gasteiger partial charge is 0.495 e. The molecule has 88 valence electrons. The number of nitrogens with zero attached hydrogens (tertiary/aromatic N) is 1. The van der Waals surface area contributed by atoms with E-state index in [-0.39, 0.29) is 12.5 Å². The van der Waals surface area contributed by atoms with Gasteiger partial charge < -0.3 is 20.7 Å². The number of hydrogen-bond acceptors (Lipinski definition) is 4. The summed E-state index contributed by atoms with van der Waals surface area (Å²) in [5, 5.41) is 2.56. The van der Waals surface area contributed by atoms with Gasteiger partial charge >= 0.3 is 0 Å². The van der Waals surface area contributed by atoms with Gasteiger partial charge in [0.15, 0.2) is 0 Å². The standard InChI is InChI=1S/C11H17N3O2/c1-13-10(15)7-14(2)8-5-4-6-9(16-3)11(8)12/h4-6H,7,12H2,1-3H3,(H,13,15). The number of amides is 1. The summed E-state index contributed by atoms with van der Waals surface area (Å²) in [6.07, 6.45) is 0. The van der Waals surface area contributed by atoms with Gasteiger partial charge in [-0.05, 0) is 12.1 Å². The zero-order valence-corrected chi connectivity index (χ0v) is 9.78. The first kappa shape index (κ1) is 12.2. The number of rotatable bonds is 4. The molecule has 0 unspecified atom stereocenters. The summed E-state index contributed by atoms with van der Waals surface area (Å²) in [6.45, 7) is 0.258. The third-order valence-electron chi connectivity index (χ3n) is 2.33. The number of benzene rings is 1. The molecule has 1 aromatic carbocycles. The lowest BCUT2D eigenvalue weighted by Crippen LogP contribution is -2.33. The Morgan fingerprint density at radius 2 is 2.25 bits per heavy atom. The van der Waals surface area contributed by atoms with Crippen molar-refractivity contribution in [3.8, 4) is 5.75 Å². The Bertz CT molecular complexity index is 379. The molecule has 0 heterocycles. The number of hydrogen-bond donors (Lipinski definition) is 2. The molecule has 0 fully saturated rings. The lowest BCUT2D eigenvalue weighted by atomic mass is 10.2. The molecule has 0 saturated carbocycles. The number of nitrogens with two attached hydrogens (primary N) is 1. The normalized spacial score (nSPS) is 9.69. The van der Waals surface area contributed by atoms with Crippen LogP contribution >= 0.6 is 0 Å². The molecule has 1 aromatic rings. The predicted molar refractivity (Wildman–Crippen MR) is 64.7 cm³/mol. The second-order valence-electron chi connectivity index (χ2n) is 3.42. The number of para-hydroxylation sites is 1. The molecule has 0 aliphatic carbocycles. The fourth-order valence-electron chi connectivity index (χ4n) is 1.42. The van der Waals surface area contributed by atoms with Crippen molar-refractivity contribution in [3.63, 3.8) is 0 Å². The third-order valence-corrected chi connectivity index (χ3v) is 2.33. The van der Waals surface area contributed by atoms with E-state index in [0.717, 1.165) is 5.69 Å². The Morgan fingerprint density at radius 3 is 2.81 bits per heavy atom. The Morgan fingerprint density at radius 1 is 1.56 bits per heavy atom. The minimum absolute atomic E-state index is 0.0651. The van der Waals surface area contributed by atoms with Crippen LogP contribution in [0, 0.1) is 0 Å². The van der Waals surface area contributed by atoms with Crippen molar-refractivity contribution >= 4 is 17.3 Å². The van der Waals surface area contributed by atoms with E-state index in [1.54, 1.807) is 32.2 Å². The Labute approximate surface area is 95.2 Å². The number of methoxy groups -OCH3 is 1. The number of anilines is 2. The van der Waals surface area contributed by atoms with Gasteiger partial charge in [0.25, 0.3) is 0 Å². The fraction of sp³-hybridized carbons (Fsp3) is 0.364. The highest BCUT2D eigenvalue weighted by Gasteiger charge is 2.11. The second-order valence-corrected chi connectivity index (χ2v) is 3.42. The highest BCUT2D eigenvalue weighted by atomic mass is 16.5. The number of carbonyl (C=O) groups excluding carboxylic acids is 1. The molecule has 16 heavy (non-hydrogen) atoms. The molecular weight excluding hydrogens is 206 g/mol. The topological polar surface area (TPSA) is 67.6 Å². The number of carbonyl (C=O) groups is 1. The first-order valence-corrected chi connectivity index (χ1v) is 4.94. The molecule has 0 aliphatic rings. The van der Waals surface area contributed by atoms with Gasteiger partial charge in [0.1, 0.15) is 5.75 Å². The van der Waals surface area contributed by atoms with Crippen molar-refractivity contribution < 1.29 is 9.53 Å². The molecule has 0 spiro atoms. The maximum Gasteiger partial charge on any atom is 0.239 e. The van der Waals surface area contributed by atoms with Crippen molar-refractivity contribution in [1.82, 2.24) is 5.32 Å². The SMILES string of the molecule is CNC(=O)CN(C)c1cccc(OC)c1N. The van der Waals surface area contributed by atoms with Crippen molar-refractivity contribution in [2.24, 2.45) is 0 Å². The van der Waals surface area contributed by atoms with Gasteiger partial charge in [0, 0.05) is 14.1 Å². The van der Waals surface area contributed by atoms with Gasteiger partial charge in [-0.3, -0.25) is 4.79 Å². The van der Waals surface area contributed by atoms with Crippen LogP contribution in [0.5, 0.6) is 5.75 Å². The molecule has 0 bridgehead atoms. The molecule has 5 heteroatoms. The highest BCUT2D eigenvalue weighted by Crippen LogP contribution is 2.30. The molecule has 0 aromatic heterocycles. The Balaban J connectivity index is 2.91. The van der Waals surface area contributed by atoms with Crippen LogP contribution in [-0.4, -0.2) is 33.7 Å². The van der Waals surface area contributed by atoms with Gasteiger partial charge in [-0.1, -0.05) is 6.07 Å². The molecule has 0 saturated heterocycles. The zero-order valence-electron chi connectivity index (χ0n) is 9.78.